The Kier molecular flexibility index (Phi) is 5.21. The highest BCUT2D eigenvalue weighted by Gasteiger charge is 2.16. The molecule has 1 unspecified atom stereocenters. The number of hydrogen-bond donors (Lipinski definition) is 1. The zero-order chi connectivity index (χ0) is 15.2. The molecule has 5 nitrogen and oxygen atoms in total. The number of rotatable bonds is 6. The Balaban J connectivity index is 1.55. The Morgan fingerprint density at radius 2 is 2.14 bits per heavy atom. The van der Waals surface area contributed by atoms with Gasteiger partial charge in [-0.05, 0) is 19.0 Å². The summed E-state index contributed by atoms with van der Waals surface area (Å²) in [6.07, 6.45) is 3.14. The first kappa shape index (κ1) is 15.2. The van der Waals surface area contributed by atoms with Crippen LogP contribution >= 0.6 is 0 Å². The third-order valence-electron chi connectivity index (χ3n) is 3.94. The van der Waals surface area contributed by atoms with Gasteiger partial charge in [-0.3, -0.25) is 5.10 Å². The molecule has 22 heavy (non-hydrogen) atoms. The van der Waals surface area contributed by atoms with Crippen LogP contribution in [-0.4, -0.2) is 54.6 Å². The fraction of sp³-hybridized carbons (Fsp3) is 0.471. The predicted octanol–water partition coefficient (Wildman–Crippen LogP) is 2.31. The summed E-state index contributed by atoms with van der Waals surface area (Å²) in [6.45, 7) is 4.01. The number of nitrogens with one attached hydrogen (secondary N) is 1. The molecule has 0 saturated carbocycles. The number of ether oxygens (including phenoxy) is 2. The molecule has 1 aliphatic rings. The molecule has 118 valence electrons. The van der Waals surface area contributed by atoms with E-state index in [4.69, 9.17) is 9.47 Å². The largest absolute Gasteiger partial charge is 0.376 e. The van der Waals surface area contributed by atoms with Crippen molar-refractivity contribution in [1.82, 2.24) is 15.1 Å². The topological polar surface area (TPSA) is 50.4 Å². The molecule has 1 saturated heterocycles. The Morgan fingerprint density at radius 3 is 2.91 bits per heavy atom. The Hall–Kier alpha value is -1.69. The van der Waals surface area contributed by atoms with Crippen LogP contribution in [0.15, 0.2) is 36.5 Å². The van der Waals surface area contributed by atoms with E-state index in [9.17, 15) is 0 Å². The van der Waals surface area contributed by atoms with Crippen LogP contribution in [0.3, 0.4) is 0 Å². The van der Waals surface area contributed by atoms with E-state index in [2.05, 4.69) is 34.3 Å². The molecule has 0 bridgehead atoms. The van der Waals surface area contributed by atoms with Crippen LogP contribution in [0.1, 0.15) is 12.0 Å². The molecule has 1 fully saturated rings. The maximum Gasteiger partial charge on any atom is 0.0821 e. The summed E-state index contributed by atoms with van der Waals surface area (Å²) >= 11 is 0. The van der Waals surface area contributed by atoms with Crippen LogP contribution < -0.4 is 0 Å². The highest BCUT2D eigenvalue weighted by atomic mass is 16.6. The summed E-state index contributed by atoms with van der Waals surface area (Å²) in [5.41, 5.74) is 3.49. The van der Waals surface area contributed by atoms with Gasteiger partial charge >= 0.3 is 0 Å². The minimum atomic E-state index is 0.231. The van der Waals surface area contributed by atoms with Crippen LogP contribution in [0.5, 0.6) is 0 Å². The fourth-order valence-electron chi connectivity index (χ4n) is 2.72. The van der Waals surface area contributed by atoms with Gasteiger partial charge in [0.05, 0.1) is 37.8 Å². The number of nitrogens with zero attached hydrogens (tertiary/aromatic N) is 2. The van der Waals surface area contributed by atoms with Crippen LogP contribution in [-0.2, 0) is 16.0 Å². The van der Waals surface area contributed by atoms with Crippen molar-refractivity contribution in [3.8, 4) is 11.3 Å². The Labute approximate surface area is 131 Å². The molecule has 1 aliphatic heterocycles. The van der Waals surface area contributed by atoms with Crippen LogP contribution in [0.25, 0.3) is 11.3 Å². The molecule has 2 heterocycles. The third kappa shape index (κ3) is 3.94. The zero-order valence-electron chi connectivity index (χ0n) is 13.0. The van der Waals surface area contributed by atoms with Crippen molar-refractivity contribution in [2.24, 2.45) is 0 Å². The van der Waals surface area contributed by atoms with Gasteiger partial charge in [0, 0.05) is 18.7 Å². The second-order valence-electron chi connectivity index (χ2n) is 5.73. The number of benzene rings is 1. The lowest BCUT2D eigenvalue weighted by Crippen LogP contribution is -2.32. The SMILES string of the molecule is CN(CCC1COCCO1)Cc1cn[nH]c1-c1ccccc1. The van der Waals surface area contributed by atoms with E-state index in [0.717, 1.165) is 38.4 Å². The maximum absolute atomic E-state index is 5.69. The monoisotopic (exact) mass is 301 g/mol. The van der Waals surface area contributed by atoms with Gasteiger partial charge in [-0.25, -0.2) is 0 Å². The van der Waals surface area contributed by atoms with E-state index in [-0.39, 0.29) is 6.10 Å². The summed E-state index contributed by atoms with van der Waals surface area (Å²) in [5.74, 6) is 0. The Morgan fingerprint density at radius 1 is 1.27 bits per heavy atom. The quantitative estimate of drug-likeness (QED) is 0.889. The summed E-state index contributed by atoms with van der Waals surface area (Å²) in [4.78, 5) is 2.30. The molecular weight excluding hydrogens is 278 g/mol. The van der Waals surface area contributed by atoms with Crippen molar-refractivity contribution in [1.29, 1.82) is 0 Å². The molecule has 1 N–H and O–H groups in total. The van der Waals surface area contributed by atoms with E-state index >= 15 is 0 Å². The van der Waals surface area contributed by atoms with Crippen molar-refractivity contribution in [3.63, 3.8) is 0 Å². The standard InChI is InChI=1S/C17H23N3O2/c1-20(8-7-16-13-21-9-10-22-16)12-15-11-18-19-17(15)14-5-3-2-4-6-14/h2-6,11,16H,7-10,12-13H2,1H3,(H,18,19). The maximum atomic E-state index is 5.69. The lowest BCUT2D eigenvalue weighted by molar-refractivity contribution is -0.0923. The van der Waals surface area contributed by atoms with Crippen molar-refractivity contribution in [2.45, 2.75) is 19.1 Å². The van der Waals surface area contributed by atoms with Gasteiger partial charge in [0.25, 0.3) is 0 Å². The molecular formula is C17H23N3O2. The molecule has 5 heteroatoms. The summed E-state index contributed by atoms with van der Waals surface area (Å²) in [7, 11) is 2.13. The van der Waals surface area contributed by atoms with Crippen LogP contribution in [0.2, 0.25) is 0 Å². The molecule has 0 aliphatic carbocycles. The van der Waals surface area contributed by atoms with Gasteiger partial charge in [-0.15, -0.1) is 0 Å². The van der Waals surface area contributed by atoms with E-state index in [1.54, 1.807) is 0 Å². The average Bonchev–Trinajstić information content (AvgIpc) is 3.03. The molecule has 0 spiro atoms. The lowest BCUT2D eigenvalue weighted by Gasteiger charge is -2.25. The van der Waals surface area contributed by atoms with E-state index in [1.807, 2.05) is 24.4 Å². The first-order chi connectivity index (χ1) is 10.8. The molecule has 0 amide bonds. The zero-order valence-corrected chi connectivity index (χ0v) is 13.0. The predicted molar refractivity (Wildman–Crippen MR) is 85.5 cm³/mol. The van der Waals surface area contributed by atoms with E-state index in [0.29, 0.717) is 6.61 Å². The average molecular weight is 301 g/mol. The smallest absolute Gasteiger partial charge is 0.0821 e. The van der Waals surface area contributed by atoms with Gasteiger partial charge in [0.2, 0.25) is 0 Å². The van der Waals surface area contributed by atoms with Crippen molar-refractivity contribution in [3.05, 3.63) is 42.1 Å². The van der Waals surface area contributed by atoms with Gasteiger partial charge in [0.15, 0.2) is 0 Å². The minimum Gasteiger partial charge on any atom is -0.376 e. The van der Waals surface area contributed by atoms with Crippen molar-refractivity contribution < 1.29 is 9.47 Å². The first-order valence-electron chi connectivity index (χ1n) is 7.78. The molecule has 0 radical (unpaired) electrons. The van der Waals surface area contributed by atoms with E-state index < -0.39 is 0 Å². The third-order valence-corrected chi connectivity index (χ3v) is 3.94. The van der Waals surface area contributed by atoms with Crippen LogP contribution in [0.4, 0.5) is 0 Å². The van der Waals surface area contributed by atoms with E-state index in [1.165, 1.54) is 11.1 Å². The highest BCUT2D eigenvalue weighted by Crippen LogP contribution is 2.21. The van der Waals surface area contributed by atoms with Crippen molar-refractivity contribution in [2.75, 3.05) is 33.4 Å². The highest BCUT2D eigenvalue weighted by molar-refractivity contribution is 5.62. The number of hydrogen-bond acceptors (Lipinski definition) is 4. The molecule has 1 atom stereocenters. The Bertz CT molecular complexity index is 564. The first-order valence-corrected chi connectivity index (χ1v) is 7.78. The number of aromatic amines is 1. The second-order valence-corrected chi connectivity index (χ2v) is 5.73. The molecule has 2 aromatic rings. The van der Waals surface area contributed by atoms with Gasteiger partial charge in [0.1, 0.15) is 0 Å². The lowest BCUT2D eigenvalue weighted by atomic mass is 10.1. The molecule has 1 aromatic carbocycles. The summed E-state index contributed by atoms with van der Waals surface area (Å²) in [5, 5.41) is 7.32. The number of aromatic nitrogens is 2. The normalized spacial score (nSPS) is 18.7. The summed E-state index contributed by atoms with van der Waals surface area (Å²) < 4.78 is 11.1. The summed E-state index contributed by atoms with van der Waals surface area (Å²) in [6, 6.07) is 10.3. The minimum absolute atomic E-state index is 0.231. The van der Waals surface area contributed by atoms with Gasteiger partial charge in [-0.1, -0.05) is 30.3 Å². The van der Waals surface area contributed by atoms with Crippen molar-refractivity contribution >= 4 is 0 Å². The second kappa shape index (κ2) is 7.54. The molecule has 3 rings (SSSR count). The van der Waals surface area contributed by atoms with Crippen LogP contribution in [0, 0.1) is 0 Å². The van der Waals surface area contributed by atoms with Gasteiger partial charge < -0.3 is 14.4 Å². The fourth-order valence-corrected chi connectivity index (χ4v) is 2.72. The van der Waals surface area contributed by atoms with Gasteiger partial charge in [-0.2, -0.15) is 5.10 Å². The number of H-pyrrole nitrogens is 1. The molecule has 1 aromatic heterocycles.